The van der Waals surface area contributed by atoms with Gasteiger partial charge in [0, 0.05) is 13.0 Å². The largest absolute Gasteiger partial charge is 0.340 e. The van der Waals surface area contributed by atoms with Crippen LogP contribution in [0, 0.1) is 5.92 Å². The second kappa shape index (κ2) is 4.33. The van der Waals surface area contributed by atoms with Crippen molar-refractivity contribution in [1.82, 2.24) is 10.3 Å². The van der Waals surface area contributed by atoms with Crippen LogP contribution in [-0.2, 0) is 0 Å². The highest BCUT2D eigenvalue weighted by atomic mass is 15.5. The molecule has 1 aliphatic rings. The third-order valence-electron chi connectivity index (χ3n) is 1.92. The molecule has 1 rings (SSSR count). The maximum atomic E-state index is 4.27. The molecule has 0 unspecified atom stereocenters. The van der Waals surface area contributed by atoms with Gasteiger partial charge in [0.05, 0.1) is 0 Å². The molecule has 1 N–H and O–H groups in total. The van der Waals surface area contributed by atoms with Crippen LogP contribution < -0.4 is 5.43 Å². The summed E-state index contributed by atoms with van der Waals surface area (Å²) in [7, 11) is 0. The number of hydrogen-bond donors (Lipinski definition) is 1. The molecule has 0 saturated heterocycles. The third kappa shape index (κ3) is 2.40. The zero-order valence-corrected chi connectivity index (χ0v) is 8.30. The number of rotatable bonds is 4. The van der Waals surface area contributed by atoms with Gasteiger partial charge in [-0.25, -0.2) is 0 Å². The van der Waals surface area contributed by atoms with E-state index in [1.165, 1.54) is 12.3 Å². The lowest BCUT2D eigenvalue weighted by molar-refractivity contribution is 0.412. The predicted octanol–water partition coefficient (Wildman–Crippen LogP) is 1.62. The van der Waals surface area contributed by atoms with Crippen molar-refractivity contribution in [2.75, 3.05) is 13.2 Å². The van der Waals surface area contributed by atoms with E-state index in [1.54, 1.807) is 0 Å². The van der Waals surface area contributed by atoms with Gasteiger partial charge in [-0.2, -0.15) is 5.10 Å². The van der Waals surface area contributed by atoms with Crippen LogP contribution in [0.4, 0.5) is 0 Å². The van der Waals surface area contributed by atoms with Crippen LogP contribution in [-0.4, -0.2) is 23.9 Å². The summed E-state index contributed by atoms with van der Waals surface area (Å²) in [6.07, 6.45) is 2.28. The van der Waals surface area contributed by atoms with E-state index in [0.717, 1.165) is 19.6 Å². The molecule has 70 valence electrons. The predicted molar refractivity (Wildman–Crippen MR) is 51.9 cm³/mol. The van der Waals surface area contributed by atoms with Gasteiger partial charge in [0.25, 0.3) is 0 Å². The summed E-state index contributed by atoms with van der Waals surface area (Å²) >= 11 is 0. The maximum Gasteiger partial charge on any atom is 0.126 e. The molecule has 1 aliphatic heterocycles. The number of nitrogens with zero attached hydrogens (tertiary/aromatic N) is 2. The zero-order valence-electron chi connectivity index (χ0n) is 8.30. The Morgan fingerprint density at radius 1 is 1.58 bits per heavy atom. The van der Waals surface area contributed by atoms with Crippen molar-refractivity contribution in [2.24, 2.45) is 11.0 Å². The number of hydrogen-bond acceptors (Lipinski definition) is 3. The third-order valence-corrected chi connectivity index (χ3v) is 1.92. The topological polar surface area (TPSA) is 27.6 Å². The van der Waals surface area contributed by atoms with Crippen LogP contribution >= 0.6 is 0 Å². The molecule has 0 aliphatic carbocycles. The van der Waals surface area contributed by atoms with Gasteiger partial charge in [-0.15, -0.1) is 0 Å². The zero-order chi connectivity index (χ0) is 8.97. The fourth-order valence-corrected chi connectivity index (χ4v) is 1.39. The van der Waals surface area contributed by atoms with E-state index in [1.807, 2.05) is 0 Å². The van der Waals surface area contributed by atoms with Gasteiger partial charge in [0.2, 0.25) is 0 Å². The monoisotopic (exact) mass is 169 g/mol. The molecule has 1 heterocycles. The van der Waals surface area contributed by atoms with E-state index in [2.05, 4.69) is 36.2 Å². The number of hydrazone groups is 1. The molecule has 0 aromatic rings. The van der Waals surface area contributed by atoms with Crippen molar-refractivity contribution < 1.29 is 0 Å². The molecule has 12 heavy (non-hydrogen) atoms. The summed E-state index contributed by atoms with van der Waals surface area (Å²) < 4.78 is 0. The molecule has 0 amide bonds. The lowest BCUT2D eigenvalue weighted by Gasteiger charge is -2.18. The highest BCUT2D eigenvalue weighted by Gasteiger charge is 2.15. The molecular weight excluding hydrogens is 150 g/mol. The van der Waals surface area contributed by atoms with Crippen molar-refractivity contribution in [2.45, 2.75) is 33.6 Å². The standard InChI is InChI=1S/C9H19N3/c1-4-5-12-7-10-11-9(12)6-8(2)3/h8,10H,4-7H2,1-3H3. The second-order valence-electron chi connectivity index (χ2n) is 3.71. The van der Waals surface area contributed by atoms with Crippen LogP contribution in [0.25, 0.3) is 0 Å². The van der Waals surface area contributed by atoms with E-state index in [0.29, 0.717) is 5.92 Å². The Morgan fingerprint density at radius 2 is 2.33 bits per heavy atom. The maximum absolute atomic E-state index is 4.27. The van der Waals surface area contributed by atoms with E-state index in [-0.39, 0.29) is 0 Å². The smallest absolute Gasteiger partial charge is 0.126 e. The summed E-state index contributed by atoms with van der Waals surface area (Å²) in [6.45, 7) is 8.68. The first-order valence-electron chi connectivity index (χ1n) is 4.78. The van der Waals surface area contributed by atoms with E-state index in [4.69, 9.17) is 0 Å². The SMILES string of the molecule is CCCN1CNN=C1CC(C)C. The van der Waals surface area contributed by atoms with Crippen LogP contribution in [0.15, 0.2) is 5.10 Å². The molecule has 3 heteroatoms. The minimum Gasteiger partial charge on any atom is -0.340 e. The van der Waals surface area contributed by atoms with E-state index in [9.17, 15) is 0 Å². The number of nitrogens with one attached hydrogen (secondary N) is 1. The van der Waals surface area contributed by atoms with Crippen LogP contribution in [0.1, 0.15) is 33.6 Å². The highest BCUT2D eigenvalue weighted by Crippen LogP contribution is 2.08. The quantitative estimate of drug-likeness (QED) is 0.692. The molecule has 0 radical (unpaired) electrons. The van der Waals surface area contributed by atoms with Crippen LogP contribution in [0.3, 0.4) is 0 Å². The Labute approximate surface area is 74.8 Å². The summed E-state index contributed by atoms with van der Waals surface area (Å²) in [6, 6.07) is 0. The average Bonchev–Trinajstić information content (AvgIpc) is 2.37. The molecule has 0 bridgehead atoms. The van der Waals surface area contributed by atoms with Gasteiger partial charge in [-0.05, 0) is 12.3 Å². The molecule has 0 spiro atoms. The Hall–Kier alpha value is -0.730. The van der Waals surface area contributed by atoms with Gasteiger partial charge in [0.1, 0.15) is 12.5 Å². The first kappa shape index (κ1) is 9.36. The van der Waals surface area contributed by atoms with E-state index >= 15 is 0 Å². The Balaban J connectivity index is 2.39. The number of amidine groups is 1. The van der Waals surface area contributed by atoms with Gasteiger partial charge in [0.15, 0.2) is 0 Å². The summed E-state index contributed by atoms with van der Waals surface area (Å²) in [5.41, 5.74) is 3.03. The fourth-order valence-electron chi connectivity index (χ4n) is 1.39. The molecule has 0 saturated carbocycles. The molecule has 3 nitrogen and oxygen atoms in total. The minimum atomic E-state index is 0.697. The van der Waals surface area contributed by atoms with Crippen molar-refractivity contribution in [1.29, 1.82) is 0 Å². The molecule has 0 aromatic heterocycles. The minimum absolute atomic E-state index is 0.697. The first-order valence-corrected chi connectivity index (χ1v) is 4.78. The lowest BCUT2D eigenvalue weighted by Crippen LogP contribution is -2.30. The van der Waals surface area contributed by atoms with Crippen molar-refractivity contribution in [3.63, 3.8) is 0 Å². The van der Waals surface area contributed by atoms with Gasteiger partial charge >= 0.3 is 0 Å². The second-order valence-corrected chi connectivity index (χ2v) is 3.71. The summed E-state index contributed by atoms with van der Waals surface area (Å²) in [5.74, 6) is 1.93. The highest BCUT2D eigenvalue weighted by molar-refractivity contribution is 5.83. The average molecular weight is 169 g/mol. The first-order chi connectivity index (χ1) is 5.74. The van der Waals surface area contributed by atoms with Gasteiger partial charge in [-0.1, -0.05) is 20.8 Å². The van der Waals surface area contributed by atoms with Gasteiger partial charge < -0.3 is 4.90 Å². The van der Waals surface area contributed by atoms with Crippen molar-refractivity contribution >= 4 is 5.84 Å². The van der Waals surface area contributed by atoms with Crippen LogP contribution in [0.5, 0.6) is 0 Å². The van der Waals surface area contributed by atoms with Gasteiger partial charge in [-0.3, -0.25) is 5.43 Å². The van der Waals surface area contributed by atoms with Crippen molar-refractivity contribution in [3.05, 3.63) is 0 Å². The molecule has 0 fully saturated rings. The summed E-state index contributed by atoms with van der Waals surface area (Å²) in [4.78, 5) is 2.32. The van der Waals surface area contributed by atoms with E-state index < -0.39 is 0 Å². The molecule has 0 atom stereocenters. The lowest BCUT2D eigenvalue weighted by atomic mass is 10.1. The normalized spacial score (nSPS) is 16.7. The van der Waals surface area contributed by atoms with Crippen LogP contribution in [0.2, 0.25) is 0 Å². The molecular formula is C9H19N3. The Kier molecular flexibility index (Phi) is 3.38. The Morgan fingerprint density at radius 3 is 2.92 bits per heavy atom. The molecule has 0 aromatic carbocycles. The fraction of sp³-hybridized carbons (Fsp3) is 0.889. The summed E-state index contributed by atoms with van der Waals surface area (Å²) in [5, 5.41) is 4.27. The Bertz CT molecular complexity index is 163. The van der Waals surface area contributed by atoms with Crippen molar-refractivity contribution in [3.8, 4) is 0 Å².